The molecule has 0 radical (unpaired) electrons. The van der Waals surface area contributed by atoms with Gasteiger partial charge in [0.25, 0.3) is 0 Å². The quantitative estimate of drug-likeness (QED) is 0.671. The molecular formula is C22H26N2O3. The van der Waals surface area contributed by atoms with Crippen LogP contribution in [0.15, 0.2) is 51.7 Å². The number of anilines is 2. The van der Waals surface area contributed by atoms with E-state index in [1.165, 1.54) is 0 Å². The molecule has 0 atom stereocenters. The number of benzene rings is 2. The van der Waals surface area contributed by atoms with Crippen molar-refractivity contribution in [3.05, 3.63) is 58.4 Å². The second kappa shape index (κ2) is 7.84. The largest absolute Gasteiger partial charge is 0.422 e. The van der Waals surface area contributed by atoms with E-state index in [1.54, 1.807) is 0 Å². The molecule has 5 nitrogen and oxygen atoms in total. The molecule has 0 unspecified atom stereocenters. The summed E-state index contributed by atoms with van der Waals surface area (Å²) in [5.41, 5.74) is 3.95. The van der Waals surface area contributed by atoms with Gasteiger partial charge in [0.2, 0.25) is 0 Å². The first-order valence-electron chi connectivity index (χ1n) is 9.24. The highest BCUT2D eigenvalue weighted by atomic mass is 16.4. The van der Waals surface area contributed by atoms with Crippen molar-refractivity contribution >= 4 is 22.3 Å². The molecule has 5 heteroatoms. The van der Waals surface area contributed by atoms with Crippen LogP contribution in [-0.2, 0) is 6.61 Å². The lowest BCUT2D eigenvalue weighted by Crippen LogP contribution is -2.21. The fourth-order valence-electron chi connectivity index (χ4n) is 3.54. The molecule has 0 amide bonds. The van der Waals surface area contributed by atoms with Crippen molar-refractivity contribution in [3.8, 4) is 11.1 Å². The summed E-state index contributed by atoms with van der Waals surface area (Å²) in [5.74, 6) is 0. The third-order valence-electron chi connectivity index (χ3n) is 4.93. The van der Waals surface area contributed by atoms with E-state index < -0.39 is 5.63 Å². The molecule has 0 saturated heterocycles. The minimum Gasteiger partial charge on any atom is -0.422 e. The molecule has 1 N–H and O–H groups in total. The zero-order valence-electron chi connectivity index (χ0n) is 16.3. The lowest BCUT2D eigenvalue weighted by molar-refractivity contribution is 0.277. The Morgan fingerprint density at radius 2 is 1.74 bits per heavy atom. The third kappa shape index (κ3) is 3.43. The highest BCUT2D eigenvalue weighted by Crippen LogP contribution is 2.37. The van der Waals surface area contributed by atoms with Crippen molar-refractivity contribution < 1.29 is 9.52 Å². The number of para-hydroxylation sites is 1. The van der Waals surface area contributed by atoms with E-state index in [2.05, 4.69) is 18.7 Å². The number of hydrogen-bond acceptors (Lipinski definition) is 5. The summed E-state index contributed by atoms with van der Waals surface area (Å²) in [4.78, 5) is 16.8. The van der Waals surface area contributed by atoms with Gasteiger partial charge in [-0.1, -0.05) is 18.2 Å². The van der Waals surface area contributed by atoms with Crippen LogP contribution in [0.3, 0.4) is 0 Å². The zero-order chi connectivity index (χ0) is 19.6. The molecule has 1 aromatic heterocycles. The second-order valence-electron chi connectivity index (χ2n) is 6.67. The van der Waals surface area contributed by atoms with Gasteiger partial charge >= 0.3 is 5.63 Å². The average molecular weight is 366 g/mol. The van der Waals surface area contributed by atoms with Crippen molar-refractivity contribution in [1.82, 2.24) is 0 Å². The van der Waals surface area contributed by atoms with E-state index in [4.69, 9.17) is 4.42 Å². The summed E-state index contributed by atoms with van der Waals surface area (Å²) in [7, 11) is 3.92. The van der Waals surface area contributed by atoms with Crippen LogP contribution in [-0.4, -0.2) is 32.3 Å². The highest BCUT2D eigenvalue weighted by Gasteiger charge is 2.19. The maximum atomic E-state index is 12.6. The van der Waals surface area contributed by atoms with Gasteiger partial charge in [0.1, 0.15) is 5.58 Å². The maximum absolute atomic E-state index is 12.6. The third-order valence-corrected chi connectivity index (χ3v) is 4.93. The normalized spacial score (nSPS) is 11.0. The Kier molecular flexibility index (Phi) is 5.51. The van der Waals surface area contributed by atoms with Crippen LogP contribution in [0.4, 0.5) is 11.4 Å². The van der Waals surface area contributed by atoms with Crippen LogP contribution in [0.2, 0.25) is 0 Å². The van der Waals surface area contributed by atoms with E-state index >= 15 is 0 Å². The SMILES string of the molecule is CCN(CC)c1ccc2c(-c3ccccc3N(C)C)c(CO)c(=O)oc2c1. The minimum atomic E-state index is -0.495. The molecule has 2 aromatic carbocycles. The Morgan fingerprint density at radius 3 is 2.37 bits per heavy atom. The van der Waals surface area contributed by atoms with Crippen molar-refractivity contribution in [3.63, 3.8) is 0 Å². The molecule has 0 spiro atoms. The van der Waals surface area contributed by atoms with E-state index in [1.807, 2.05) is 61.5 Å². The van der Waals surface area contributed by atoms with E-state index in [-0.39, 0.29) is 12.2 Å². The van der Waals surface area contributed by atoms with Gasteiger partial charge in [0.05, 0.1) is 12.2 Å². The molecule has 0 bridgehead atoms. The summed E-state index contributed by atoms with van der Waals surface area (Å²) in [6.07, 6.45) is 0. The molecule has 0 aliphatic carbocycles. The second-order valence-corrected chi connectivity index (χ2v) is 6.67. The van der Waals surface area contributed by atoms with Gasteiger partial charge in [-0.2, -0.15) is 0 Å². The van der Waals surface area contributed by atoms with Crippen molar-refractivity contribution in [2.75, 3.05) is 37.0 Å². The number of hydrogen-bond donors (Lipinski definition) is 1. The average Bonchev–Trinajstić information content (AvgIpc) is 2.67. The maximum Gasteiger partial charge on any atom is 0.342 e. The molecule has 0 aliphatic heterocycles. The van der Waals surface area contributed by atoms with Crippen LogP contribution in [0.25, 0.3) is 22.1 Å². The van der Waals surface area contributed by atoms with Crippen LogP contribution < -0.4 is 15.4 Å². The van der Waals surface area contributed by atoms with Gasteiger partial charge in [-0.05, 0) is 32.0 Å². The molecule has 0 saturated carbocycles. The highest BCUT2D eigenvalue weighted by molar-refractivity contribution is 5.99. The fourth-order valence-corrected chi connectivity index (χ4v) is 3.54. The number of fused-ring (bicyclic) bond motifs is 1. The fraction of sp³-hybridized carbons (Fsp3) is 0.318. The standard InChI is InChI=1S/C22H26N2O3/c1-5-24(6-2)15-11-12-17-20(13-15)27-22(26)18(14-25)21(17)16-9-7-8-10-19(16)23(3)4/h7-13,25H,5-6,14H2,1-4H3. The lowest BCUT2D eigenvalue weighted by Gasteiger charge is -2.22. The van der Waals surface area contributed by atoms with Gasteiger partial charge < -0.3 is 19.3 Å². The van der Waals surface area contributed by atoms with Crippen LogP contribution >= 0.6 is 0 Å². The molecule has 3 rings (SSSR count). The smallest absolute Gasteiger partial charge is 0.342 e. The van der Waals surface area contributed by atoms with Crippen molar-refractivity contribution in [2.45, 2.75) is 20.5 Å². The zero-order valence-corrected chi connectivity index (χ0v) is 16.3. The number of aliphatic hydroxyl groups excluding tert-OH is 1. The van der Waals surface area contributed by atoms with E-state index in [0.717, 1.165) is 41.0 Å². The molecule has 3 aromatic rings. The Morgan fingerprint density at radius 1 is 1.04 bits per heavy atom. The van der Waals surface area contributed by atoms with Gasteiger partial charge in [-0.25, -0.2) is 4.79 Å². The van der Waals surface area contributed by atoms with Crippen molar-refractivity contribution in [2.24, 2.45) is 0 Å². The Hall–Kier alpha value is -2.79. The first kappa shape index (κ1) is 19.0. The molecule has 0 aliphatic rings. The van der Waals surface area contributed by atoms with Gasteiger partial charge in [0.15, 0.2) is 0 Å². The topological polar surface area (TPSA) is 56.9 Å². The molecule has 27 heavy (non-hydrogen) atoms. The first-order valence-corrected chi connectivity index (χ1v) is 9.24. The number of nitrogens with zero attached hydrogens (tertiary/aromatic N) is 2. The van der Waals surface area contributed by atoms with Crippen LogP contribution in [0.1, 0.15) is 19.4 Å². The Balaban J connectivity index is 2.36. The molecular weight excluding hydrogens is 340 g/mol. The molecule has 0 fully saturated rings. The van der Waals surface area contributed by atoms with Gasteiger partial charge in [-0.15, -0.1) is 0 Å². The summed E-state index contributed by atoms with van der Waals surface area (Å²) in [6, 6.07) is 13.8. The Bertz CT molecular complexity index is 1000. The van der Waals surface area contributed by atoms with E-state index in [9.17, 15) is 9.90 Å². The van der Waals surface area contributed by atoms with Gasteiger partial charge in [-0.3, -0.25) is 0 Å². The predicted molar refractivity (Wildman–Crippen MR) is 112 cm³/mol. The first-order chi connectivity index (χ1) is 13.0. The van der Waals surface area contributed by atoms with Crippen LogP contribution in [0.5, 0.6) is 0 Å². The summed E-state index contributed by atoms with van der Waals surface area (Å²) in [6.45, 7) is 5.57. The van der Waals surface area contributed by atoms with E-state index in [0.29, 0.717) is 5.58 Å². The summed E-state index contributed by atoms with van der Waals surface area (Å²) >= 11 is 0. The number of aliphatic hydroxyl groups is 1. The molecule has 142 valence electrons. The molecule has 1 heterocycles. The lowest BCUT2D eigenvalue weighted by atomic mass is 9.95. The monoisotopic (exact) mass is 366 g/mol. The van der Waals surface area contributed by atoms with Crippen LogP contribution in [0, 0.1) is 0 Å². The van der Waals surface area contributed by atoms with Crippen molar-refractivity contribution in [1.29, 1.82) is 0 Å². The van der Waals surface area contributed by atoms with Gasteiger partial charge in [0, 0.05) is 61.1 Å². The minimum absolute atomic E-state index is 0.285. The summed E-state index contributed by atoms with van der Waals surface area (Å²) < 4.78 is 5.57. The Labute approximate surface area is 159 Å². The predicted octanol–water partition coefficient (Wildman–Crippen LogP) is 3.86. The number of rotatable bonds is 6. The summed E-state index contributed by atoms with van der Waals surface area (Å²) in [5, 5.41) is 10.7.